The van der Waals surface area contributed by atoms with Crippen LogP contribution in [0, 0.1) is 11.6 Å². The first-order chi connectivity index (χ1) is 18.6. The van der Waals surface area contributed by atoms with Crippen LogP contribution in [0.4, 0.5) is 14.5 Å². The van der Waals surface area contributed by atoms with E-state index in [2.05, 4.69) is 5.32 Å². The zero-order chi connectivity index (χ0) is 28.4. The number of carbonyl (C=O) groups excluding carboxylic acids is 2. The molecule has 1 aliphatic carbocycles. The normalized spacial score (nSPS) is 15.0. The summed E-state index contributed by atoms with van der Waals surface area (Å²) < 4.78 is 52.9. The Labute approximate surface area is 230 Å². The molecule has 1 N–H and O–H groups in total. The van der Waals surface area contributed by atoms with Gasteiger partial charge in [-0.1, -0.05) is 56.5 Å². The van der Waals surface area contributed by atoms with Gasteiger partial charge in [0.25, 0.3) is 0 Å². The summed E-state index contributed by atoms with van der Waals surface area (Å²) >= 11 is 0. The number of benzene rings is 2. The smallest absolute Gasteiger partial charge is 0.243 e. The van der Waals surface area contributed by atoms with Crippen LogP contribution < -0.4 is 9.62 Å². The van der Waals surface area contributed by atoms with Crippen LogP contribution in [0.3, 0.4) is 0 Å². The lowest BCUT2D eigenvalue weighted by atomic mass is 9.95. The minimum atomic E-state index is -3.81. The summed E-state index contributed by atoms with van der Waals surface area (Å²) in [5, 5.41) is 3.14. The SMILES string of the molecule is CCC(C(=O)NC1CCCCC1)N(CCc1ccccc1)C(=O)CCCN(c1ccc(F)c(F)c1)S(C)(=O)=O. The minimum absolute atomic E-state index is 0.00229. The number of anilines is 1. The topological polar surface area (TPSA) is 86.8 Å². The van der Waals surface area contributed by atoms with Gasteiger partial charge in [-0.05, 0) is 49.8 Å². The highest BCUT2D eigenvalue weighted by atomic mass is 32.2. The van der Waals surface area contributed by atoms with Crippen LogP contribution in [0.15, 0.2) is 48.5 Å². The van der Waals surface area contributed by atoms with Gasteiger partial charge >= 0.3 is 0 Å². The summed E-state index contributed by atoms with van der Waals surface area (Å²) in [7, 11) is -3.81. The van der Waals surface area contributed by atoms with Gasteiger partial charge in [0, 0.05) is 31.6 Å². The summed E-state index contributed by atoms with van der Waals surface area (Å²) in [6, 6.07) is 12.1. The molecule has 0 aliphatic heterocycles. The molecule has 3 rings (SSSR count). The highest BCUT2D eigenvalue weighted by Crippen LogP contribution is 2.22. The van der Waals surface area contributed by atoms with E-state index in [0.29, 0.717) is 19.4 Å². The van der Waals surface area contributed by atoms with Crippen LogP contribution in [0.2, 0.25) is 0 Å². The molecule has 1 aliphatic rings. The first kappa shape index (κ1) is 30.5. The number of carbonyl (C=O) groups is 2. The molecule has 2 amide bonds. The van der Waals surface area contributed by atoms with Crippen molar-refractivity contribution in [2.24, 2.45) is 0 Å². The highest BCUT2D eigenvalue weighted by molar-refractivity contribution is 7.92. The molecule has 0 heterocycles. The summed E-state index contributed by atoms with van der Waals surface area (Å²) in [5.41, 5.74) is 1.03. The zero-order valence-electron chi connectivity index (χ0n) is 22.7. The predicted octanol–water partition coefficient (Wildman–Crippen LogP) is 4.81. The Morgan fingerprint density at radius 2 is 1.69 bits per heavy atom. The molecule has 0 bridgehead atoms. The van der Waals surface area contributed by atoms with E-state index >= 15 is 0 Å². The predicted molar refractivity (Wildman–Crippen MR) is 149 cm³/mol. The average Bonchev–Trinajstić information content (AvgIpc) is 2.91. The van der Waals surface area contributed by atoms with Gasteiger partial charge in [-0.2, -0.15) is 0 Å². The van der Waals surface area contributed by atoms with E-state index in [1.54, 1.807) is 4.90 Å². The van der Waals surface area contributed by atoms with E-state index in [0.717, 1.165) is 53.9 Å². The molecule has 7 nitrogen and oxygen atoms in total. The third-order valence-corrected chi connectivity index (χ3v) is 8.36. The Balaban J connectivity index is 1.72. The first-order valence-corrected chi connectivity index (χ1v) is 15.5. The lowest BCUT2D eigenvalue weighted by Gasteiger charge is -2.33. The van der Waals surface area contributed by atoms with Gasteiger partial charge in [0.05, 0.1) is 11.9 Å². The van der Waals surface area contributed by atoms with E-state index in [-0.39, 0.29) is 42.9 Å². The van der Waals surface area contributed by atoms with Crippen LogP contribution in [-0.2, 0) is 26.0 Å². The van der Waals surface area contributed by atoms with Crippen molar-refractivity contribution >= 4 is 27.5 Å². The molecule has 1 saturated carbocycles. The number of hydrogen-bond acceptors (Lipinski definition) is 4. The second-order valence-corrected chi connectivity index (χ2v) is 12.0. The fourth-order valence-electron chi connectivity index (χ4n) is 5.08. The van der Waals surface area contributed by atoms with Gasteiger partial charge in [0.1, 0.15) is 6.04 Å². The molecular formula is C29H39F2N3O4S. The third-order valence-electron chi connectivity index (χ3n) is 7.17. The number of nitrogens with one attached hydrogen (secondary N) is 1. The molecule has 1 unspecified atom stereocenters. The summed E-state index contributed by atoms with van der Waals surface area (Å²) in [5.74, 6) is -2.65. The van der Waals surface area contributed by atoms with Crippen molar-refractivity contribution in [2.45, 2.75) is 76.8 Å². The molecule has 10 heteroatoms. The Morgan fingerprint density at radius 1 is 1.00 bits per heavy atom. The Bertz CT molecular complexity index is 1200. The third kappa shape index (κ3) is 9.02. The number of nitrogens with zero attached hydrogens (tertiary/aromatic N) is 2. The summed E-state index contributed by atoms with van der Waals surface area (Å²) in [6.45, 7) is 2.13. The maximum Gasteiger partial charge on any atom is 0.243 e. The molecular weight excluding hydrogens is 524 g/mol. The number of sulfonamides is 1. The Morgan fingerprint density at radius 3 is 2.31 bits per heavy atom. The molecule has 0 spiro atoms. The molecule has 0 aromatic heterocycles. The Kier molecular flexibility index (Phi) is 11.3. The quantitative estimate of drug-likeness (QED) is 0.379. The zero-order valence-corrected chi connectivity index (χ0v) is 23.6. The Hall–Kier alpha value is -3.01. The second-order valence-electron chi connectivity index (χ2n) is 10.1. The van der Waals surface area contributed by atoms with E-state index in [4.69, 9.17) is 0 Å². The summed E-state index contributed by atoms with van der Waals surface area (Å²) in [6.07, 6.45) is 7.33. The van der Waals surface area contributed by atoms with Crippen molar-refractivity contribution in [1.29, 1.82) is 0 Å². The number of rotatable bonds is 13. The van der Waals surface area contributed by atoms with E-state index in [1.807, 2.05) is 37.3 Å². The van der Waals surface area contributed by atoms with Crippen LogP contribution in [0.25, 0.3) is 0 Å². The monoisotopic (exact) mass is 563 g/mol. The van der Waals surface area contributed by atoms with Gasteiger partial charge < -0.3 is 10.2 Å². The van der Waals surface area contributed by atoms with Gasteiger partial charge in [0.2, 0.25) is 21.8 Å². The van der Waals surface area contributed by atoms with Gasteiger partial charge in [-0.15, -0.1) is 0 Å². The molecule has 39 heavy (non-hydrogen) atoms. The lowest BCUT2D eigenvalue weighted by molar-refractivity contribution is -0.141. The molecule has 0 saturated heterocycles. The van der Waals surface area contributed by atoms with Crippen LogP contribution >= 0.6 is 0 Å². The number of amides is 2. The molecule has 0 radical (unpaired) electrons. The maximum absolute atomic E-state index is 13.8. The van der Waals surface area contributed by atoms with Crippen molar-refractivity contribution in [3.8, 4) is 0 Å². The van der Waals surface area contributed by atoms with Crippen LogP contribution in [0.5, 0.6) is 0 Å². The van der Waals surface area contributed by atoms with Gasteiger partial charge in [-0.25, -0.2) is 17.2 Å². The van der Waals surface area contributed by atoms with Crippen molar-refractivity contribution in [2.75, 3.05) is 23.7 Å². The molecule has 1 fully saturated rings. The fourth-order valence-corrected chi connectivity index (χ4v) is 6.04. The van der Waals surface area contributed by atoms with Crippen molar-refractivity contribution < 1.29 is 26.8 Å². The van der Waals surface area contributed by atoms with E-state index in [9.17, 15) is 26.8 Å². The average molecular weight is 564 g/mol. The molecule has 2 aromatic carbocycles. The van der Waals surface area contributed by atoms with Crippen molar-refractivity contribution in [3.05, 3.63) is 65.7 Å². The van der Waals surface area contributed by atoms with Gasteiger partial charge in [0.15, 0.2) is 11.6 Å². The maximum atomic E-state index is 13.8. The van der Waals surface area contributed by atoms with Crippen molar-refractivity contribution in [1.82, 2.24) is 10.2 Å². The number of hydrogen-bond donors (Lipinski definition) is 1. The molecule has 214 valence electrons. The van der Waals surface area contributed by atoms with E-state index < -0.39 is 27.7 Å². The van der Waals surface area contributed by atoms with Crippen LogP contribution in [0.1, 0.15) is 63.9 Å². The first-order valence-electron chi connectivity index (χ1n) is 13.7. The standard InChI is InChI=1S/C29H39F2N3O4S/c1-3-27(29(36)32-23-13-8-5-9-14-23)33(20-18-22-11-6-4-7-12-22)28(35)15-10-19-34(39(2,37)38)24-16-17-25(30)26(31)21-24/h4,6-7,11-12,16-17,21,23,27H,3,5,8-10,13-15,18-20H2,1-2H3,(H,32,36). The van der Waals surface area contributed by atoms with Crippen molar-refractivity contribution in [3.63, 3.8) is 0 Å². The molecule has 2 aromatic rings. The number of halogens is 2. The fraction of sp³-hybridized carbons (Fsp3) is 0.517. The largest absolute Gasteiger partial charge is 0.352 e. The highest BCUT2D eigenvalue weighted by Gasteiger charge is 2.30. The van der Waals surface area contributed by atoms with Gasteiger partial charge in [-0.3, -0.25) is 13.9 Å². The summed E-state index contributed by atoms with van der Waals surface area (Å²) in [4.78, 5) is 28.4. The second kappa shape index (κ2) is 14.4. The lowest BCUT2D eigenvalue weighted by Crippen LogP contribution is -2.52. The van der Waals surface area contributed by atoms with E-state index in [1.165, 1.54) is 12.5 Å². The molecule has 1 atom stereocenters. The minimum Gasteiger partial charge on any atom is -0.352 e. The van der Waals surface area contributed by atoms with Crippen LogP contribution in [-0.4, -0.2) is 56.6 Å².